The molecule has 0 radical (unpaired) electrons. The maximum absolute atomic E-state index is 13.7. The summed E-state index contributed by atoms with van der Waals surface area (Å²) < 4.78 is 21.8. The van der Waals surface area contributed by atoms with Gasteiger partial charge in [-0.3, -0.25) is 9.59 Å². The van der Waals surface area contributed by atoms with Crippen LogP contribution < -0.4 is 10.5 Å². The summed E-state index contributed by atoms with van der Waals surface area (Å²) in [6, 6.07) is 3.68. The molecular weight excluding hydrogens is 514 g/mol. The molecule has 6 N–H and O–H groups in total. The monoisotopic (exact) mass is 543 g/mol. The number of hydrogen-bond acceptors (Lipinski definition) is 12. The Kier molecular flexibility index (Phi) is 6.64. The first-order valence-corrected chi connectivity index (χ1v) is 12.4. The van der Waals surface area contributed by atoms with Crippen molar-refractivity contribution in [3.05, 3.63) is 51.6 Å². The number of carbonyl (C=O) groups is 3. The molecule has 0 saturated carbocycles. The molecule has 0 amide bonds. The number of rotatable bonds is 4. The molecular formula is C27H29NO11. The summed E-state index contributed by atoms with van der Waals surface area (Å²) in [5.74, 6) is -3.74. The quantitative estimate of drug-likeness (QED) is 0.228. The summed E-state index contributed by atoms with van der Waals surface area (Å²) in [6.07, 6.45) is -4.95. The number of esters is 1. The number of aliphatic hydroxyl groups excluding tert-OH is 1. The smallest absolute Gasteiger partial charge is 0.338 e. The molecule has 0 spiro atoms. The normalized spacial score (nSPS) is 29.7. The zero-order valence-electron chi connectivity index (χ0n) is 21.5. The molecule has 5 rings (SSSR count). The van der Waals surface area contributed by atoms with E-state index in [1.54, 1.807) is 6.92 Å². The molecule has 1 heterocycles. The number of methoxy groups -OCH3 is 2. The lowest BCUT2D eigenvalue weighted by molar-refractivity contribution is -0.248. The highest BCUT2D eigenvalue weighted by Crippen LogP contribution is 2.52. The lowest BCUT2D eigenvalue weighted by atomic mass is 9.73. The van der Waals surface area contributed by atoms with Gasteiger partial charge in [-0.1, -0.05) is 12.1 Å². The molecule has 1 fully saturated rings. The molecule has 39 heavy (non-hydrogen) atoms. The van der Waals surface area contributed by atoms with E-state index in [9.17, 15) is 34.8 Å². The van der Waals surface area contributed by atoms with Crippen molar-refractivity contribution in [1.82, 2.24) is 0 Å². The van der Waals surface area contributed by atoms with Crippen LogP contribution in [0.2, 0.25) is 0 Å². The maximum atomic E-state index is 13.7. The second-order valence-corrected chi connectivity index (χ2v) is 10.1. The Morgan fingerprint density at radius 2 is 1.79 bits per heavy atom. The van der Waals surface area contributed by atoms with Gasteiger partial charge in [-0.15, -0.1) is 0 Å². The average molecular weight is 544 g/mol. The van der Waals surface area contributed by atoms with Gasteiger partial charge < -0.3 is 45.1 Å². The van der Waals surface area contributed by atoms with Gasteiger partial charge in [0.15, 0.2) is 17.7 Å². The first-order valence-electron chi connectivity index (χ1n) is 12.4. The third kappa shape index (κ3) is 4.07. The van der Waals surface area contributed by atoms with Gasteiger partial charge in [0.2, 0.25) is 5.78 Å². The number of aliphatic hydroxyl groups is 2. The molecule has 0 aromatic heterocycles. The summed E-state index contributed by atoms with van der Waals surface area (Å²) >= 11 is 0. The van der Waals surface area contributed by atoms with Crippen molar-refractivity contribution in [1.29, 1.82) is 0 Å². The van der Waals surface area contributed by atoms with E-state index in [-0.39, 0.29) is 34.4 Å². The summed E-state index contributed by atoms with van der Waals surface area (Å²) in [4.78, 5) is 39.8. The van der Waals surface area contributed by atoms with Gasteiger partial charge in [0.05, 0.1) is 49.2 Å². The molecule has 2 aliphatic carbocycles. The van der Waals surface area contributed by atoms with Crippen molar-refractivity contribution in [3.8, 4) is 17.2 Å². The van der Waals surface area contributed by atoms with E-state index in [2.05, 4.69) is 0 Å². The molecule has 12 nitrogen and oxygen atoms in total. The molecule has 1 saturated heterocycles. The van der Waals surface area contributed by atoms with Gasteiger partial charge in [0, 0.05) is 42.0 Å². The largest absolute Gasteiger partial charge is 0.507 e. The van der Waals surface area contributed by atoms with E-state index in [1.807, 2.05) is 0 Å². The van der Waals surface area contributed by atoms with E-state index in [0.717, 1.165) is 7.11 Å². The standard InChI is InChI=1S/C27H29NO11/c1-10-21(29)13(28)7-16(38-10)39-15-9-27(35,26(34)37-3)8-12-18(15)25(33)20-19(23(12)31)22(30)11-5-4-6-14(36-2)17(11)24(20)32/h4-6,10,13,15-16,21,29,31,33,35H,7-9,28H2,1-3H3/t10?,13?,15-,16?,21?,27-/m0/s1. The van der Waals surface area contributed by atoms with Crippen LogP contribution in [0.3, 0.4) is 0 Å². The summed E-state index contributed by atoms with van der Waals surface area (Å²) in [6.45, 7) is 1.59. The number of fused-ring (bicyclic) bond motifs is 3. The van der Waals surface area contributed by atoms with Crippen LogP contribution in [0.25, 0.3) is 0 Å². The number of phenolic OH excluding ortho intramolecular Hbond substituents is 2. The SMILES string of the molecule is COC(=O)[C@]1(O)Cc2c(O)c3c(c(O)c2[C@@H](OC2CC(N)C(O)C(C)O2)C1)C(=O)c1c(OC)cccc1C3=O. The highest BCUT2D eigenvalue weighted by Gasteiger charge is 2.51. The highest BCUT2D eigenvalue weighted by molar-refractivity contribution is 6.31. The molecule has 0 bridgehead atoms. The molecule has 4 unspecified atom stereocenters. The first kappa shape index (κ1) is 27.0. The zero-order valence-corrected chi connectivity index (χ0v) is 21.5. The minimum atomic E-state index is -2.21. The van der Waals surface area contributed by atoms with Crippen LogP contribution >= 0.6 is 0 Å². The van der Waals surface area contributed by atoms with Crippen molar-refractivity contribution < 1.29 is 53.8 Å². The van der Waals surface area contributed by atoms with Gasteiger partial charge in [-0.25, -0.2) is 4.79 Å². The third-order valence-electron chi connectivity index (χ3n) is 7.71. The Morgan fingerprint density at radius 3 is 2.44 bits per heavy atom. The molecule has 1 aliphatic heterocycles. The summed E-state index contributed by atoms with van der Waals surface area (Å²) in [5, 5.41) is 44.3. The second-order valence-electron chi connectivity index (χ2n) is 10.1. The number of ketones is 2. The van der Waals surface area contributed by atoms with Crippen molar-refractivity contribution >= 4 is 17.5 Å². The van der Waals surface area contributed by atoms with E-state index in [4.69, 9.17) is 24.7 Å². The number of ether oxygens (including phenoxy) is 4. The van der Waals surface area contributed by atoms with Crippen LogP contribution in [0.5, 0.6) is 17.2 Å². The van der Waals surface area contributed by atoms with Gasteiger partial charge in [-0.2, -0.15) is 0 Å². The van der Waals surface area contributed by atoms with Crippen molar-refractivity contribution in [2.75, 3.05) is 14.2 Å². The first-order chi connectivity index (χ1) is 18.4. The van der Waals surface area contributed by atoms with Gasteiger partial charge in [0.25, 0.3) is 0 Å². The van der Waals surface area contributed by atoms with Crippen molar-refractivity contribution in [2.45, 2.75) is 62.4 Å². The van der Waals surface area contributed by atoms with Gasteiger partial charge in [-0.05, 0) is 13.0 Å². The number of hydrogen-bond donors (Lipinski definition) is 5. The van der Waals surface area contributed by atoms with Crippen LogP contribution in [0.4, 0.5) is 0 Å². The summed E-state index contributed by atoms with van der Waals surface area (Å²) in [7, 11) is 2.41. The topological polar surface area (TPSA) is 195 Å². The number of nitrogens with two attached hydrogens (primary N) is 1. The van der Waals surface area contributed by atoms with E-state index < -0.39 is 89.2 Å². The van der Waals surface area contributed by atoms with Crippen LogP contribution in [0, 0.1) is 0 Å². The van der Waals surface area contributed by atoms with E-state index in [0.29, 0.717) is 0 Å². The Bertz CT molecular complexity index is 1380. The van der Waals surface area contributed by atoms with Gasteiger partial charge >= 0.3 is 5.97 Å². The third-order valence-corrected chi connectivity index (χ3v) is 7.71. The van der Waals surface area contributed by atoms with Crippen LogP contribution in [0.1, 0.15) is 68.8 Å². The Labute approximate surface area is 222 Å². The predicted octanol–water partition coefficient (Wildman–Crippen LogP) is 0.613. The molecule has 2 aromatic rings. The average Bonchev–Trinajstić information content (AvgIpc) is 2.90. The lowest BCUT2D eigenvalue weighted by Gasteiger charge is -2.41. The van der Waals surface area contributed by atoms with E-state index >= 15 is 0 Å². The minimum absolute atomic E-state index is 0.0354. The lowest BCUT2D eigenvalue weighted by Crippen LogP contribution is -2.52. The summed E-state index contributed by atoms with van der Waals surface area (Å²) in [5.41, 5.74) is 2.54. The Morgan fingerprint density at radius 1 is 1.10 bits per heavy atom. The van der Waals surface area contributed by atoms with Crippen LogP contribution in [-0.4, -0.2) is 82.3 Å². The second kappa shape index (κ2) is 9.57. The number of carbonyl (C=O) groups excluding carboxylic acids is 3. The predicted molar refractivity (Wildman–Crippen MR) is 132 cm³/mol. The van der Waals surface area contributed by atoms with Crippen LogP contribution in [0.15, 0.2) is 18.2 Å². The zero-order chi connectivity index (χ0) is 28.4. The van der Waals surface area contributed by atoms with Crippen molar-refractivity contribution in [2.24, 2.45) is 5.73 Å². The molecule has 2 aromatic carbocycles. The van der Waals surface area contributed by atoms with Gasteiger partial charge in [0.1, 0.15) is 17.2 Å². The Hall–Kier alpha value is -3.55. The molecule has 6 atom stereocenters. The number of phenols is 2. The Balaban J connectivity index is 1.69. The highest BCUT2D eigenvalue weighted by atomic mass is 16.7. The van der Waals surface area contributed by atoms with Crippen molar-refractivity contribution in [3.63, 3.8) is 0 Å². The molecule has 208 valence electrons. The fraction of sp³-hybridized carbons (Fsp3) is 0.444. The number of aromatic hydroxyl groups is 2. The maximum Gasteiger partial charge on any atom is 0.338 e. The fourth-order valence-corrected chi connectivity index (χ4v) is 5.74. The van der Waals surface area contributed by atoms with Crippen LogP contribution in [-0.2, 0) is 25.4 Å². The fourth-order valence-electron chi connectivity index (χ4n) is 5.74. The number of benzene rings is 2. The van der Waals surface area contributed by atoms with E-state index in [1.165, 1.54) is 25.3 Å². The minimum Gasteiger partial charge on any atom is -0.507 e. The molecule has 3 aliphatic rings. The molecule has 12 heteroatoms.